The molecular formula is C24H24N2O3. The van der Waals surface area contributed by atoms with E-state index in [-0.39, 0.29) is 5.91 Å². The smallest absolute Gasteiger partial charge is 0.267 e. The van der Waals surface area contributed by atoms with Gasteiger partial charge in [-0.15, -0.1) is 0 Å². The number of carbonyl (C=O) groups excluding carboxylic acids is 2. The van der Waals surface area contributed by atoms with Crippen LogP contribution in [0.4, 0.5) is 0 Å². The minimum absolute atomic E-state index is 0.155. The summed E-state index contributed by atoms with van der Waals surface area (Å²) in [5, 5.41) is 8.60. The van der Waals surface area contributed by atoms with Gasteiger partial charge in [0, 0.05) is 19.2 Å². The average Bonchev–Trinajstić information content (AvgIpc) is 3.06. The van der Waals surface area contributed by atoms with E-state index in [4.69, 9.17) is 5.21 Å². The van der Waals surface area contributed by atoms with Crippen LogP contribution in [0.1, 0.15) is 41.2 Å². The molecule has 1 aliphatic heterocycles. The third kappa shape index (κ3) is 4.00. The van der Waals surface area contributed by atoms with Crippen LogP contribution in [0, 0.1) is 0 Å². The average molecular weight is 388 g/mol. The topological polar surface area (TPSA) is 69.6 Å². The van der Waals surface area contributed by atoms with Gasteiger partial charge < -0.3 is 4.90 Å². The monoisotopic (exact) mass is 388 g/mol. The van der Waals surface area contributed by atoms with Crippen molar-refractivity contribution >= 4 is 23.5 Å². The highest BCUT2D eigenvalue weighted by molar-refractivity contribution is 5.92. The Kier molecular flexibility index (Phi) is 5.32. The molecule has 2 amide bonds. The molecule has 2 aliphatic rings. The Labute approximate surface area is 170 Å². The molecule has 1 aliphatic carbocycles. The quantitative estimate of drug-likeness (QED) is 0.478. The van der Waals surface area contributed by atoms with E-state index < -0.39 is 5.91 Å². The highest BCUT2D eigenvalue weighted by Gasteiger charge is 2.25. The van der Waals surface area contributed by atoms with E-state index in [1.807, 2.05) is 29.2 Å². The lowest BCUT2D eigenvalue weighted by molar-refractivity contribution is -0.131. The summed E-state index contributed by atoms with van der Waals surface area (Å²) in [5.74, 6) is -0.415. The molecule has 0 spiro atoms. The zero-order valence-corrected chi connectivity index (χ0v) is 16.4. The number of benzene rings is 2. The molecule has 2 aromatic rings. The molecule has 0 radical (unpaired) electrons. The molecule has 5 nitrogen and oxygen atoms in total. The van der Waals surface area contributed by atoms with Crippen LogP contribution in [0.5, 0.6) is 0 Å². The van der Waals surface area contributed by atoms with Gasteiger partial charge in [0.25, 0.3) is 5.91 Å². The first-order valence-corrected chi connectivity index (χ1v) is 9.84. The molecule has 0 unspecified atom stereocenters. The van der Waals surface area contributed by atoms with Crippen LogP contribution >= 0.6 is 0 Å². The number of hydrogen-bond donors (Lipinski definition) is 2. The van der Waals surface area contributed by atoms with Crippen molar-refractivity contribution < 1.29 is 14.8 Å². The van der Waals surface area contributed by atoms with Gasteiger partial charge in [0.1, 0.15) is 0 Å². The number of nitrogens with zero attached hydrogens (tertiary/aromatic N) is 1. The molecule has 5 heteroatoms. The third-order valence-electron chi connectivity index (χ3n) is 5.77. The molecule has 29 heavy (non-hydrogen) atoms. The van der Waals surface area contributed by atoms with Crippen LogP contribution in [0.3, 0.4) is 0 Å². The molecular weight excluding hydrogens is 364 g/mol. The maximum Gasteiger partial charge on any atom is 0.267 e. The zero-order chi connectivity index (χ0) is 20.4. The summed E-state index contributed by atoms with van der Waals surface area (Å²) < 4.78 is 0. The van der Waals surface area contributed by atoms with E-state index in [1.54, 1.807) is 11.6 Å². The lowest BCUT2D eigenvalue weighted by Gasteiger charge is -2.29. The molecule has 0 saturated heterocycles. The lowest BCUT2D eigenvalue weighted by Crippen LogP contribution is -2.36. The van der Waals surface area contributed by atoms with Gasteiger partial charge >= 0.3 is 0 Å². The summed E-state index contributed by atoms with van der Waals surface area (Å²) in [6.45, 7) is 3.42. The van der Waals surface area contributed by atoms with Crippen LogP contribution in [-0.4, -0.2) is 28.5 Å². The maximum atomic E-state index is 13.1. The molecule has 0 atom stereocenters. The Morgan fingerprint density at radius 2 is 1.97 bits per heavy atom. The van der Waals surface area contributed by atoms with Crippen molar-refractivity contribution in [2.45, 2.75) is 32.7 Å². The standard InChI is InChI=1S/C24H24N2O3/c1-16-12-19-4-2-3-5-21(19)22(16)14-24(28)26-11-10-18-8-6-17(13-20(18)15-26)7-9-23(27)25-29/h2-9,13,29H,10-12,14-15H2,1H3,(H,25,27)/b9-7+. The summed E-state index contributed by atoms with van der Waals surface area (Å²) in [6, 6.07) is 14.3. The first-order valence-electron chi connectivity index (χ1n) is 9.84. The van der Waals surface area contributed by atoms with Gasteiger partial charge in [-0.25, -0.2) is 5.48 Å². The van der Waals surface area contributed by atoms with Gasteiger partial charge in [-0.1, -0.05) is 42.0 Å². The van der Waals surface area contributed by atoms with Gasteiger partial charge in [0.15, 0.2) is 0 Å². The predicted octanol–water partition coefficient (Wildman–Crippen LogP) is 3.51. The van der Waals surface area contributed by atoms with E-state index in [9.17, 15) is 9.59 Å². The number of carbonyl (C=O) groups is 2. The summed E-state index contributed by atoms with van der Waals surface area (Å²) in [6.07, 6.45) is 5.13. The molecule has 4 rings (SSSR count). The Hall–Kier alpha value is -3.18. The Bertz CT molecular complexity index is 1040. The fourth-order valence-corrected chi connectivity index (χ4v) is 4.20. The molecule has 0 aromatic heterocycles. The van der Waals surface area contributed by atoms with Gasteiger partial charge in [0.2, 0.25) is 5.91 Å². The van der Waals surface area contributed by atoms with E-state index in [2.05, 4.69) is 25.1 Å². The second-order valence-corrected chi connectivity index (χ2v) is 7.67. The minimum atomic E-state index is -0.569. The van der Waals surface area contributed by atoms with E-state index in [1.165, 1.54) is 33.9 Å². The van der Waals surface area contributed by atoms with Gasteiger partial charge in [-0.3, -0.25) is 14.8 Å². The van der Waals surface area contributed by atoms with Crippen molar-refractivity contribution in [3.05, 3.63) is 81.9 Å². The number of rotatable bonds is 4. The second-order valence-electron chi connectivity index (χ2n) is 7.67. The Balaban J connectivity index is 1.48. The predicted molar refractivity (Wildman–Crippen MR) is 112 cm³/mol. The molecule has 1 heterocycles. The van der Waals surface area contributed by atoms with Crippen LogP contribution in [0.15, 0.2) is 54.1 Å². The van der Waals surface area contributed by atoms with Crippen molar-refractivity contribution in [2.24, 2.45) is 0 Å². The molecule has 0 fully saturated rings. The zero-order valence-electron chi connectivity index (χ0n) is 16.4. The largest absolute Gasteiger partial charge is 0.338 e. The highest BCUT2D eigenvalue weighted by atomic mass is 16.5. The van der Waals surface area contributed by atoms with E-state index in [0.717, 1.165) is 30.5 Å². The Morgan fingerprint density at radius 3 is 2.79 bits per heavy atom. The number of amides is 2. The fraction of sp³-hybridized carbons (Fsp3) is 0.250. The molecule has 0 bridgehead atoms. The summed E-state index contributed by atoms with van der Waals surface area (Å²) >= 11 is 0. The van der Waals surface area contributed by atoms with Crippen LogP contribution < -0.4 is 5.48 Å². The number of nitrogens with one attached hydrogen (secondary N) is 1. The summed E-state index contributed by atoms with van der Waals surface area (Å²) in [5.41, 5.74) is 9.76. The van der Waals surface area contributed by atoms with Crippen LogP contribution in [-0.2, 0) is 29.0 Å². The number of allylic oxidation sites excluding steroid dienone is 1. The van der Waals surface area contributed by atoms with Gasteiger partial charge in [-0.05, 0) is 65.3 Å². The van der Waals surface area contributed by atoms with E-state index in [0.29, 0.717) is 13.0 Å². The maximum absolute atomic E-state index is 13.1. The van der Waals surface area contributed by atoms with E-state index >= 15 is 0 Å². The molecule has 2 N–H and O–H groups in total. The minimum Gasteiger partial charge on any atom is -0.338 e. The van der Waals surface area contributed by atoms with Crippen molar-refractivity contribution in [3.63, 3.8) is 0 Å². The number of hydroxylamine groups is 1. The summed E-state index contributed by atoms with van der Waals surface area (Å²) in [4.78, 5) is 26.2. The van der Waals surface area contributed by atoms with Crippen LogP contribution in [0.25, 0.3) is 11.6 Å². The fourth-order valence-electron chi connectivity index (χ4n) is 4.20. The van der Waals surface area contributed by atoms with Gasteiger partial charge in [0.05, 0.1) is 6.42 Å². The normalized spacial score (nSPS) is 15.4. The van der Waals surface area contributed by atoms with Crippen molar-refractivity contribution in [1.82, 2.24) is 10.4 Å². The number of hydrogen-bond acceptors (Lipinski definition) is 3. The first-order chi connectivity index (χ1) is 14.0. The van der Waals surface area contributed by atoms with Crippen molar-refractivity contribution in [3.8, 4) is 0 Å². The highest BCUT2D eigenvalue weighted by Crippen LogP contribution is 2.35. The first kappa shape index (κ1) is 19.2. The number of fused-ring (bicyclic) bond motifs is 2. The van der Waals surface area contributed by atoms with Crippen molar-refractivity contribution in [2.75, 3.05) is 6.54 Å². The SMILES string of the molecule is CC1=C(CC(=O)N2CCc3ccc(/C=C/C(=O)NO)cc3C2)c2ccccc2C1. The molecule has 2 aromatic carbocycles. The van der Waals surface area contributed by atoms with Crippen molar-refractivity contribution in [1.29, 1.82) is 0 Å². The van der Waals surface area contributed by atoms with Crippen LogP contribution in [0.2, 0.25) is 0 Å². The lowest BCUT2D eigenvalue weighted by atomic mass is 9.96. The summed E-state index contributed by atoms with van der Waals surface area (Å²) in [7, 11) is 0. The van der Waals surface area contributed by atoms with Gasteiger partial charge in [-0.2, -0.15) is 0 Å². The molecule has 0 saturated carbocycles. The second kappa shape index (κ2) is 8.05. The molecule has 148 valence electrons. The third-order valence-corrected chi connectivity index (χ3v) is 5.77. The Morgan fingerprint density at radius 1 is 1.14 bits per heavy atom.